The van der Waals surface area contributed by atoms with Gasteiger partial charge in [0.1, 0.15) is 5.75 Å². The van der Waals surface area contributed by atoms with Crippen molar-refractivity contribution >= 4 is 11.8 Å². The predicted octanol–water partition coefficient (Wildman–Crippen LogP) is 1.37. The maximum Gasteiger partial charge on any atom is 0.257 e. The molecule has 1 aliphatic heterocycles. The first-order valence-electron chi connectivity index (χ1n) is 8.60. The van der Waals surface area contributed by atoms with Crippen molar-refractivity contribution in [3.05, 3.63) is 29.8 Å². The van der Waals surface area contributed by atoms with Crippen LogP contribution in [0, 0.1) is 0 Å². The van der Waals surface area contributed by atoms with Gasteiger partial charge in [-0.1, -0.05) is 12.1 Å². The maximum atomic E-state index is 12.7. The van der Waals surface area contributed by atoms with E-state index in [-0.39, 0.29) is 11.8 Å². The Hall–Kier alpha value is -2.08. The second-order valence-corrected chi connectivity index (χ2v) is 5.81. The summed E-state index contributed by atoms with van der Waals surface area (Å²) >= 11 is 0. The number of benzene rings is 1. The first-order chi connectivity index (χ1) is 11.7. The summed E-state index contributed by atoms with van der Waals surface area (Å²) in [6.07, 6.45) is 1.40. The van der Waals surface area contributed by atoms with Gasteiger partial charge in [-0.2, -0.15) is 0 Å². The van der Waals surface area contributed by atoms with Crippen molar-refractivity contribution in [1.29, 1.82) is 0 Å². The lowest BCUT2D eigenvalue weighted by atomic mass is 10.1. The van der Waals surface area contributed by atoms with E-state index < -0.39 is 0 Å². The molecule has 2 amide bonds. The third-order valence-corrected chi connectivity index (χ3v) is 4.15. The van der Waals surface area contributed by atoms with Crippen LogP contribution < -0.4 is 10.1 Å². The van der Waals surface area contributed by atoms with Crippen molar-refractivity contribution < 1.29 is 14.3 Å². The zero-order valence-corrected chi connectivity index (χ0v) is 14.6. The smallest absolute Gasteiger partial charge is 0.257 e. The minimum Gasteiger partial charge on any atom is -0.493 e. The van der Waals surface area contributed by atoms with Gasteiger partial charge in [-0.05, 0) is 39.1 Å². The number of hydrogen-bond donors (Lipinski definition) is 1. The number of hydrogen-bond acceptors (Lipinski definition) is 4. The molecule has 6 nitrogen and oxygen atoms in total. The van der Waals surface area contributed by atoms with E-state index in [2.05, 4.69) is 5.32 Å². The molecular weight excluding hydrogens is 306 g/mol. The third-order valence-electron chi connectivity index (χ3n) is 4.15. The standard InChI is InChI=1S/C18H27N3O3/c1-3-24-16-8-5-4-7-15(16)18(23)21-13-11-20(12-14-21)17(22)9-6-10-19-2/h4-5,7-8,19H,3,6,9-14H2,1-2H3. The van der Waals surface area contributed by atoms with E-state index in [0.29, 0.717) is 50.5 Å². The molecule has 2 rings (SSSR count). The Morgan fingerprint density at radius 3 is 2.46 bits per heavy atom. The quantitative estimate of drug-likeness (QED) is 0.766. The molecule has 1 fully saturated rings. The van der Waals surface area contributed by atoms with Gasteiger partial charge in [0, 0.05) is 32.6 Å². The third kappa shape index (κ3) is 4.71. The summed E-state index contributed by atoms with van der Waals surface area (Å²) in [6.45, 7) is 5.60. The largest absolute Gasteiger partial charge is 0.493 e. The van der Waals surface area contributed by atoms with Gasteiger partial charge < -0.3 is 19.9 Å². The van der Waals surface area contributed by atoms with Crippen LogP contribution in [0.1, 0.15) is 30.1 Å². The van der Waals surface area contributed by atoms with Crippen LogP contribution in [0.3, 0.4) is 0 Å². The summed E-state index contributed by atoms with van der Waals surface area (Å²) in [7, 11) is 1.88. The molecule has 0 atom stereocenters. The van der Waals surface area contributed by atoms with Crippen molar-refractivity contribution in [1.82, 2.24) is 15.1 Å². The van der Waals surface area contributed by atoms with Crippen LogP contribution in [0.15, 0.2) is 24.3 Å². The number of piperazine rings is 1. The molecule has 0 bridgehead atoms. The minimum atomic E-state index is -0.0265. The van der Waals surface area contributed by atoms with Gasteiger partial charge in [0.25, 0.3) is 5.91 Å². The molecule has 0 radical (unpaired) electrons. The fourth-order valence-electron chi connectivity index (χ4n) is 2.83. The molecule has 0 unspecified atom stereocenters. The van der Waals surface area contributed by atoms with E-state index in [4.69, 9.17) is 4.74 Å². The normalized spacial score (nSPS) is 14.6. The molecule has 1 heterocycles. The molecule has 0 spiro atoms. The van der Waals surface area contributed by atoms with Crippen LogP contribution in [0.25, 0.3) is 0 Å². The van der Waals surface area contributed by atoms with Gasteiger partial charge in [0.2, 0.25) is 5.91 Å². The molecule has 0 saturated carbocycles. The first kappa shape index (κ1) is 18.3. The van der Waals surface area contributed by atoms with Gasteiger partial charge >= 0.3 is 0 Å². The Morgan fingerprint density at radius 2 is 1.79 bits per heavy atom. The van der Waals surface area contributed by atoms with Gasteiger partial charge in [-0.3, -0.25) is 9.59 Å². The van der Waals surface area contributed by atoms with Crippen LogP contribution in [-0.4, -0.2) is 68.0 Å². The zero-order chi connectivity index (χ0) is 17.4. The molecule has 1 saturated heterocycles. The number of rotatable bonds is 7. The fraction of sp³-hybridized carbons (Fsp3) is 0.556. The molecule has 6 heteroatoms. The zero-order valence-electron chi connectivity index (χ0n) is 14.6. The van der Waals surface area contributed by atoms with E-state index >= 15 is 0 Å². The van der Waals surface area contributed by atoms with Crippen molar-refractivity contribution in [3.8, 4) is 5.75 Å². The predicted molar refractivity (Wildman–Crippen MR) is 93.3 cm³/mol. The summed E-state index contributed by atoms with van der Waals surface area (Å²) in [6, 6.07) is 7.32. The first-order valence-corrected chi connectivity index (χ1v) is 8.60. The molecule has 1 aliphatic rings. The Balaban J connectivity index is 1.90. The lowest BCUT2D eigenvalue weighted by Gasteiger charge is -2.35. The average molecular weight is 333 g/mol. The van der Waals surface area contributed by atoms with Crippen LogP contribution in [-0.2, 0) is 4.79 Å². The number of carbonyl (C=O) groups excluding carboxylic acids is 2. The summed E-state index contributed by atoms with van der Waals surface area (Å²) < 4.78 is 5.55. The van der Waals surface area contributed by atoms with Crippen molar-refractivity contribution in [3.63, 3.8) is 0 Å². The molecule has 1 N–H and O–H groups in total. The number of nitrogens with one attached hydrogen (secondary N) is 1. The highest BCUT2D eigenvalue weighted by Crippen LogP contribution is 2.20. The van der Waals surface area contributed by atoms with Gasteiger partial charge in [-0.25, -0.2) is 0 Å². The van der Waals surface area contributed by atoms with Crippen molar-refractivity contribution in [2.75, 3.05) is 46.4 Å². The van der Waals surface area contributed by atoms with Gasteiger partial charge in [0.15, 0.2) is 0 Å². The second kappa shape index (κ2) is 9.27. The average Bonchev–Trinajstić information content (AvgIpc) is 2.62. The lowest BCUT2D eigenvalue weighted by molar-refractivity contribution is -0.132. The monoisotopic (exact) mass is 333 g/mol. The van der Waals surface area contributed by atoms with Gasteiger partial charge in [0.05, 0.1) is 12.2 Å². The Labute approximate surface area is 143 Å². The Bertz CT molecular complexity index is 554. The Kier molecular flexibility index (Phi) is 7.06. The van der Waals surface area contributed by atoms with E-state index in [0.717, 1.165) is 13.0 Å². The Morgan fingerprint density at radius 1 is 1.12 bits per heavy atom. The van der Waals surface area contributed by atoms with Crippen LogP contribution >= 0.6 is 0 Å². The highest BCUT2D eigenvalue weighted by atomic mass is 16.5. The van der Waals surface area contributed by atoms with Gasteiger partial charge in [-0.15, -0.1) is 0 Å². The van der Waals surface area contributed by atoms with E-state index in [1.807, 2.05) is 37.1 Å². The molecule has 1 aromatic carbocycles. The summed E-state index contributed by atoms with van der Waals surface area (Å²) in [4.78, 5) is 28.5. The summed E-state index contributed by atoms with van der Waals surface area (Å²) in [5.74, 6) is 0.768. The molecule has 0 aromatic heterocycles. The highest BCUT2D eigenvalue weighted by Gasteiger charge is 2.26. The SMILES string of the molecule is CCOc1ccccc1C(=O)N1CCN(C(=O)CCCNC)CC1. The number of amides is 2. The van der Waals surface area contributed by atoms with E-state index in [1.165, 1.54) is 0 Å². The molecular formula is C18H27N3O3. The summed E-state index contributed by atoms with van der Waals surface area (Å²) in [5, 5.41) is 3.05. The lowest BCUT2D eigenvalue weighted by Crippen LogP contribution is -2.50. The number of nitrogens with zero attached hydrogens (tertiary/aromatic N) is 2. The fourth-order valence-corrected chi connectivity index (χ4v) is 2.83. The van der Waals surface area contributed by atoms with Crippen LogP contribution in [0.2, 0.25) is 0 Å². The van der Waals surface area contributed by atoms with Crippen LogP contribution in [0.4, 0.5) is 0 Å². The van der Waals surface area contributed by atoms with Crippen molar-refractivity contribution in [2.24, 2.45) is 0 Å². The number of carbonyl (C=O) groups is 2. The number of ether oxygens (including phenoxy) is 1. The maximum absolute atomic E-state index is 12.7. The van der Waals surface area contributed by atoms with Crippen LogP contribution in [0.5, 0.6) is 5.75 Å². The summed E-state index contributed by atoms with van der Waals surface area (Å²) in [5.41, 5.74) is 0.591. The molecule has 0 aliphatic carbocycles. The molecule has 24 heavy (non-hydrogen) atoms. The van der Waals surface area contributed by atoms with E-state index in [9.17, 15) is 9.59 Å². The minimum absolute atomic E-state index is 0.0265. The highest BCUT2D eigenvalue weighted by molar-refractivity contribution is 5.97. The second-order valence-electron chi connectivity index (χ2n) is 5.81. The van der Waals surface area contributed by atoms with Crippen molar-refractivity contribution in [2.45, 2.75) is 19.8 Å². The topological polar surface area (TPSA) is 61.9 Å². The molecule has 132 valence electrons. The molecule has 1 aromatic rings. The number of para-hydroxylation sites is 1. The van der Waals surface area contributed by atoms with E-state index in [1.54, 1.807) is 11.0 Å².